The Morgan fingerprint density at radius 3 is 1.44 bits per heavy atom. The summed E-state index contributed by atoms with van der Waals surface area (Å²) in [7, 11) is -4.83. The molecule has 0 saturated carbocycles. The van der Waals surface area contributed by atoms with Gasteiger partial charge in [-0.25, -0.2) is 4.57 Å². The van der Waals surface area contributed by atoms with Crippen LogP contribution in [0.1, 0.15) is 194 Å². The lowest BCUT2D eigenvalue weighted by Gasteiger charge is -2.18. The fourth-order valence-corrected chi connectivity index (χ4v) is 6.68. The topological polar surface area (TPSA) is 140 Å². The fourth-order valence-electron chi connectivity index (χ4n) is 6.32. The van der Waals surface area contributed by atoms with E-state index in [2.05, 4.69) is 73.9 Å². The Kier molecular flexibility index (Phi) is 40.3. The van der Waals surface area contributed by atoms with Crippen LogP contribution in [0.4, 0.5) is 0 Å². The second kappa shape index (κ2) is 42.2. The highest BCUT2D eigenvalue weighted by molar-refractivity contribution is 7.46. The first-order valence-electron chi connectivity index (χ1n) is 23.2. The number of carbonyl (C=O) groups excluding carboxylic acids is 2. The number of aliphatic hydroxyl groups excluding tert-OH is 1. The summed E-state index contributed by atoms with van der Waals surface area (Å²) in [5, 5.41) is 10.2. The van der Waals surface area contributed by atoms with Crippen molar-refractivity contribution in [3.63, 3.8) is 0 Å². The highest BCUT2D eigenvalue weighted by Crippen LogP contribution is 2.36. The summed E-state index contributed by atoms with van der Waals surface area (Å²) in [6.07, 6.45) is 51.0. The molecule has 9 nitrogen and oxygen atoms in total. The third kappa shape index (κ3) is 46.4. The molecule has 0 aliphatic rings. The van der Waals surface area contributed by atoms with E-state index in [1.807, 2.05) is 12.2 Å². The predicted octanol–water partition coefficient (Wildman–Crippen LogP) is 13.5. The first-order valence-corrected chi connectivity index (χ1v) is 24.7. The number of phosphoric acid groups is 1. The average Bonchev–Trinajstić information content (AvgIpc) is 3.19. The summed E-state index contributed by atoms with van der Waals surface area (Å²) in [5.74, 6) is -0.324. The van der Waals surface area contributed by atoms with Crippen LogP contribution in [0, 0.1) is 5.92 Å². The molecule has 0 saturated heterocycles. The molecule has 0 aromatic carbocycles. The zero-order valence-electron chi connectivity index (χ0n) is 37.4. The summed E-state index contributed by atoms with van der Waals surface area (Å²) >= 11 is 0. The molecular weight excluding hydrogens is 764 g/mol. The summed E-state index contributed by atoms with van der Waals surface area (Å²) in [6, 6.07) is 0. The molecule has 2 atom stereocenters. The van der Waals surface area contributed by atoms with Crippen LogP contribution in [0.5, 0.6) is 0 Å². The molecule has 59 heavy (non-hydrogen) atoms. The average molecular weight is 849 g/mol. The van der Waals surface area contributed by atoms with Crippen molar-refractivity contribution in [1.29, 1.82) is 0 Å². The standard InChI is InChI=1S/C49H85O9P/c1-4-5-6-7-8-9-10-11-12-18-21-24-27-30-33-36-39-46(50)41-42-49(52)58-47(44-57-59(53,54)55)43-56-48(51)40-37-34-31-28-25-22-19-16-14-13-15-17-20-23-26-29-32-35-38-45(2)3/h5-6,8-9,11-12,21,24,30,33,36,39,45-47,50H,4,7,10,13-20,22-23,25-29,31-32,34-35,37-38,40-44H2,1-3H3,(H2,53,54,55)/b6-5-,9-8-,12-11-,24-21-,33-30-,39-36-/t46?,47-/m1/s1. The maximum atomic E-state index is 12.4. The van der Waals surface area contributed by atoms with Crippen molar-refractivity contribution in [1.82, 2.24) is 0 Å². The second-order valence-corrected chi connectivity index (χ2v) is 17.3. The monoisotopic (exact) mass is 849 g/mol. The van der Waals surface area contributed by atoms with Gasteiger partial charge in [0.25, 0.3) is 0 Å². The van der Waals surface area contributed by atoms with Crippen molar-refractivity contribution in [3.05, 3.63) is 72.9 Å². The third-order valence-corrected chi connectivity index (χ3v) is 10.3. The van der Waals surface area contributed by atoms with Gasteiger partial charge in [-0.05, 0) is 50.9 Å². The second-order valence-electron chi connectivity index (χ2n) is 16.0. The predicted molar refractivity (Wildman–Crippen MR) is 245 cm³/mol. The van der Waals surface area contributed by atoms with Gasteiger partial charge in [0.05, 0.1) is 12.7 Å². The number of hydrogen-bond donors (Lipinski definition) is 3. The minimum atomic E-state index is -4.83. The molecular formula is C49H85O9P. The lowest BCUT2D eigenvalue weighted by Crippen LogP contribution is -2.29. The molecule has 0 amide bonds. The van der Waals surface area contributed by atoms with Crippen molar-refractivity contribution in [2.24, 2.45) is 5.92 Å². The van der Waals surface area contributed by atoms with Gasteiger partial charge < -0.3 is 24.4 Å². The van der Waals surface area contributed by atoms with Crippen molar-refractivity contribution in [3.8, 4) is 0 Å². The van der Waals surface area contributed by atoms with E-state index in [-0.39, 0.29) is 25.9 Å². The quantitative estimate of drug-likeness (QED) is 0.0180. The first kappa shape index (κ1) is 56.5. The number of esters is 2. The van der Waals surface area contributed by atoms with Gasteiger partial charge in [-0.3, -0.25) is 14.1 Å². The van der Waals surface area contributed by atoms with Crippen molar-refractivity contribution in [2.45, 2.75) is 206 Å². The van der Waals surface area contributed by atoms with Gasteiger partial charge in [-0.2, -0.15) is 0 Å². The van der Waals surface area contributed by atoms with Gasteiger partial charge in [0.15, 0.2) is 6.10 Å². The molecule has 0 heterocycles. The maximum absolute atomic E-state index is 12.4. The molecule has 0 bridgehead atoms. The minimum Gasteiger partial charge on any atom is -0.462 e. The van der Waals surface area contributed by atoms with Crippen LogP contribution < -0.4 is 0 Å². The smallest absolute Gasteiger partial charge is 0.462 e. The lowest BCUT2D eigenvalue weighted by molar-refractivity contribution is -0.161. The normalized spacial score (nSPS) is 13.7. The SMILES string of the molecule is CC/C=C\C/C=C\C/C=C\C/C=C\C/C=C\C=C/C(O)CCC(=O)O[C@H](COC(=O)CCCCCCCCCCCCCCCCCCCCC(C)C)COP(=O)(O)O. The molecule has 0 aliphatic heterocycles. The van der Waals surface area contributed by atoms with Crippen LogP contribution in [0.15, 0.2) is 72.9 Å². The third-order valence-electron chi connectivity index (χ3n) is 9.79. The van der Waals surface area contributed by atoms with E-state index in [1.54, 1.807) is 12.2 Å². The molecule has 340 valence electrons. The lowest BCUT2D eigenvalue weighted by atomic mass is 10.0. The molecule has 0 aromatic rings. The van der Waals surface area contributed by atoms with Crippen molar-refractivity contribution >= 4 is 19.8 Å². The first-order chi connectivity index (χ1) is 28.5. The largest absolute Gasteiger partial charge is 0.469 e. The van der Waals surface area contributed by atoms with Gasteiger partial charge in [-0.15, -0.1) is 0 Å². The number of allylic oxidation sites excluding steroid dienone is 11. The number of carbonyl (C=O) groups is 2. The zero-order chi connectivity index (χ0) is 43.5. The number of ether oxygens (including phenoxy) is 2. The molecule has 0 spiro atoms. The van der Waals surface area contributed by atoms with E-state index in [4.69, 9.17) is 19.3 Å². The number of aliphatic hydroxyl groups is 1. The van der Waals surface area contributed by atoms with Gasteiger partial charge in [0.1, 0.15) is 6.61 Å². The van der Waals surface area contributed by atoms with Gasteiger partial charge >= 0.3 is 19.8 Å². The molecule has 0 aliphatic carbocycles. The molecule has 10 heteroatoms. The Morgan fingerprint density at radius 1 is 0.542 bits per heavy atom. The molecule has 3 N–H and O–H groups in total. The summed E-state index contributed by atoms with van der Waals surface area (Å²) in [6.45, 7) is 5.74. The number of phosphoric ester groups is 1. The molecule has 0 fully saturated rings. The Hall–Kier alpha value is -2.55. The van der Waals surface area contributed by atoms with E-state index in [0.717, 1.165) is 57.3 Å². The Bertz CT molecular complexity index is 1210. The highest BCUT2D eigenvalue weighted by Gasteiger charge is 2.23. The number of rotatable bonds is 41. The Labute approximate surface area is 360 Å². The fraction of sp³-hybridized carbons (Fsp3) is 0.714. The van der Waals surface area contributed by atoms with E-state index < -0.39 is 38.6 Å². The number of unbranched alkanes of at least 4 members (excludes halogenated alkanes) is 17. The van der Waals surface area contributed by atoms with Crippen LogP contribution in [0.2, 0.25) is 0 Å². The Morgan fingerprint density at radius 2 is 0.983 bits per heavy atom. The van der Waals surface area contributed by atoms with Gasteiger partial charge in [-0.1, -0.05) is 209 Å². The van der Waals surface area contributed by atoms with Crippen LogP contribution >= 0.6 is 7.82 Å². The summed E-state index contributed by atoms with van der Waals surface area (Å²) in [4.78, 5) is 43.0. The van der Waals surface area contributed by atoms with Gasteiger partial charge in [0, 0.05) is 12.8 Å². The summed E-state index contributed by atoms with van der Waals surface area (Å²) < 4.78 is 26.3. The van der Waals surface area contributed by atoms with E-state index in [9.17, 15) is 19.3 Å². The van der Waals surface area contributed by atoms with Crippen LogP contribution in [-0.2, 0) is 28.2 Å². The maximum Gasteiger partial charge on any atom is 0.469 e. The highest BCUT2D eigenvalue weighted by atomic mass is 31.2. The minimum absolute atomic E-state index is 0.0883. The Balaban J connectivity index is 4.06. The number of hydrogen-bond acceptors (Lipinski definition) is 7. The van der Waals surface area contributed by atoms with Crippen molar-refractivity contribution < 1.29 is 43.0 Å². The molecule has 0 radical (unpaired) electrons. The van der Waals surface area contributed by atoms with Crippen molar-refractivity contribution in [2.75, 3.05) is 13.2 Å². The van der Waals surface area contributed by atoms with Crippen LogP contribution in [-0.4, -0.2) is 52.3 Å². The molecule has 0 rings (SSSR count). The summed E-state index contributed by atoms with van der Waals surface area (Å²) in [5.41, 5.74) is 0. The van der Waals surface area contributed by atoms with E-state index >= 15 is 0 Å². The molecule has 1 unspecified atom stereocenters. The van der Waals surface area contributed by atoms with E-state index in [0.29, 0.717) is 6.42 Å². The molecule has 0 aromatic heterocycles. The zero-order valence-corrected chi connectivity index (χ0v) is 38.3. The van der Waals surface area contributed by atoms with E-state index in [1.165, 1.54) is 96.3 Å². The van der Waals surface area contributed by atoms with Gasteiger partial charge in [0.2, 0.25) is 0 Å². The van der Waals surface area contributed by atoms with Crippen LogP contribution in [0.3, 0.4) is 0 Å². The van der Waals surface area contributed by atoms with Crippen LogP contribution in [0.25, 0.3) is 0 Å².